The smallest absolute Gasteiger partial charge is 0.293 e. The van der Waals surface area contributed by atoms with Crippen molar-refractivity contribution >= 4 is 44.9 Å². The average Bonchev–Trinajstić information content (AvgIpc) is 2.95. The number of halogens is 2. The maximum Gasteiger partial charge on any atom is 0.293 e. The Morgan fingerprint density at radius 3 is 2.66 bits per heavy atom. The van der Waals surface area contributed by atoms with Gasteiger partial charge in [0.25, 0.3) is 11.1 Å². The highest BCUT2D eigenvalue weighted by Crippen LogP contribution is 2.39. The maximum absolute atomic E-state index is 13.1. The molecule has 0 saturated carbocycles. The van der Waals surface area contributed by atoms with Gasteiger partial charge in [-0.25, -0.2) is 4.39 Å². The van der Waals surface area contributed by atoms with Gasteiger partial charge in [0.15, 0.2) is 11.5 Å². The second-order valence-electron chi connectivity index (χ2n) is 5.92. The molecule has 0 unspecified atom stereocenters. The molecule has 0 atom stereocenters. The SMILES string of the molecule is C#CCOc1c(Br)cc(/C=C2\SC(=O)N(Cc3ccc(F)cc3)C2=O)cc1OC. The molecule has 0 radical (unpaired) electrons. The maximum atomic E-state index is 13.1. The fraction of sp³-hybridized carbons (Fsp3) is 0.143. The summed E-state index contributed by atoms with van der Waals surface area (Å²) in [5.74, 6) is 2.48. The predicted molar refractivity (Wildman–Crippen MR) is 113 cm³/mol. The summed E-state index contributed by atoms with van der Waals surface area (Å²) in [6, 6.07) is 9.08. The van der Waals surface area contributed by atoms with Crippen LogP contribution in [0.5, 0.6) is 11.5 Å². The lowest BCUT2D eigenvalue weighted by Gasteiger charge is -2.13. The summed E-state index contributed by atoms with van der Waals surface area (Å²) >= 11 is 4.25. The molecular formula is C21H15BrFNO4S. The van der Waals surface area contributed by atoms with Crippen LogP contribution in [0, 0.1) is 18.2 Å². The van der Waals surface area contributed by atoms with Gasteiger partial charge in [-0.3, -0.25) is 14.5 Å². The Hall–Kier alpha value is -2.76. The van der Waals surface area contributed by atoms with Gasteiger partial charge < -0.3 is 9.47 Å². The van der Waals surface area contributed by atoms with Crippen molar-refractivity contribution in [2.24, 2.45) is 0 Å². The lowest BCUT2D eigenvalue weighted by atomic mass is 10.1. The standard InChI is InChI=1S/C21H15BrFNO4S/c1-3-8-28-19-16(22)9-14(10-17(19)27-2)11-18-20(25)24(21(26)29-18)12-13-4-6-15(23)7-5-13/h1,4-7,9-11H,8,12H2,2H3/b18-11-. The number of carbonyl (C=O) groups is 2. The largest absolute Gasteiger partial charge is 0.493 e. The van der Waals surface area contributed by atoms with Crippen LogP contribution in [0.1, 0.15) is 11.1 Å². The zero-order valence-corrected chi connectivity index (χ0v) is 17.7. The average molecular weight is 476 g/mol. The Morgan fingerprint density at radius 2 is 2.00 bits per heavy atom. The number of ether oxygens (including phenoxy) is 2. The van der Waals surface area contributed by atoms with Crippen LogP contribution in [0.4, 0.5) is 9.18 Å². The van der Waals surface area contributed by atoms with E-state index < -0.39 is 5.91 Å². The van der Waals surface area contributed by atoms with E-state index in [9.17, 15) is 14.0 Å². The van der Waals surface area contributed by atoms with E-state index in [-0.39, 0.29) is 29.1 Å². The van der Waals surface area contributed by atoms with E-state index in [1.807, 2.05) is 0 Å². The number of amides is 2. The van der Waals surface area contributed by atoms with Gasteiger partial charge in [-0.2, -0.15) is 0 Å². The summed E-state index contributed by atoms with van der Waals surface area (Å²) in [6.07, 6.45) is 6.83. The molecule has 2 amide bonds. The third-order valence-corrected chi connectivity index (χ3v) is 5.47. The Kier molecular flexibility index (Phi) is 6.62. The van der Waals surface area contributed by atoms with E-state index in [0.29, 0.717) is 27.1 Å². The van der Waals surface area contributed by atoms with Crippen LogP contribution in [0.3, 0.4) is 0 Å². The van der Waals surface area contributed by atoms with Crippen LogP contribution in [-0.4, -0.2) is 29.8 Å². The van der Waals surface area contributed by atoms with Crippen LogP contribution in [0.2, 0.25) is 0 Å². The third kappa shape index (κ3) is 4.81. The first-order valence-corrected chi connectivity index (χ1v) is 9.97. The van der Waals surface area contributed by atoms with Crippen molar-refractivity contribution in [3.63, 3.8) is 0 Å². The number of benzene rings is 2. The second-order valence-corrected chi connectivity index (χ2v) is 7.77. The number of hydrogen-bond acceptors (Lipinski definition) is 5. The van der Waals surface area contributed by atoms with Crippen molar-refractivity contribution in [2.45, 2.75) is 6.54 Å². The molecule has 29 heavy (non-hydrogen) atoms. The molecule has 2 aromatic rings. The number of hydrogen-bond donors (Lipinski definition) is 0. The van der Waals surface area contributed by atoms with Crippen molar-refractivity contribution in [1.29, 1.82) is 0 Å². The van der Waals surface area contributed by atoms with Gasteiger partial charge in [-0.15, -0.1) is 6.42 Å². The molecule has 1 aliphatic rings. The molecule has 148 valence electrons. The molecule has 1 heterocycles. The quantitative estimate of drug-likeness (QED) is 0.441. The number of methoxy groups -OCH3 is 1. The van der Waals surface area contributed by atoms with Crippen molar-refractivity contribution in [3.8, 4) is 23.8 Å². The van der Waals surface area contributed by atoms with Crippen LogP contribution < -0.4 is 9.47 Å². The van der Waals surface area contributed by atoms with E-state index in [1.54, 1.807) is 30.3 Å². The van der Waals surface area contributed by atoms with Gasteiger partial charge in [0, 0.05) is 0 Å². The molecule has 1 aliphatic heterocycles. The molecule has 0 N–H and O–H groups in total. The second kappa shape index (κ2) is 9.16. The Bertz CT molecular complexity index is 1030. The monoisotopic (exact) mass is 475 g/mol. The van der Waals surface area contributed by atoms with Crippen LogP contribution in [0.15, 0.2) is 45.8 Å². The minimum Gasteiger partial charge on any atom is -0.493 e. The first-order valence-electron chi connectivity index (χ1n) is 8.36. The molecule has 0 spiro atoms. The first-order chi connectivity index (χ1) is 13.9. The highest BCUT2D eigenvalue weighted by Gasteiger charge is 2.35. The third-order valence-electron chi connectivity index (χ3n) is 3.98. The summed E-state index contributed by atoms with van der Waals surface area (Å²) in [4.78, 5) is 26.4. The first kappa shape index (κ1) is 21.0. The number of imide groups is 1. The number of thioether (sulfide) groups is 1. The van der Waals surface area contributed by atoms with E-state index in [1.165, 1.54) is 19.2 Å². The molecule has 3 rings (SSSR count). The number of rotatable bonds is 6. The van der Waals surface area contributed by atoms with Gasteiger partial charge in [-0.05, 0) is 69.2 Å². The summed E-state index contributed by atoms with van der Waals surface area (Å²) in [5, 5.41) is -0.384. The highest BCUT2D eigenvalue weighted by molar-refractivity contribution is 9.10. The molecule has 8 heteroatoms. The number of terminal acetylenes is 1. The Morgan fingerprint density at radius 1 is 1.28 bits per heavy atom. The molecule has 5 nitrogen and oxygen atoms in total. The van der Waals surface area contributed by atoms with Gasteiger partial charge in [0.2, 0.25) is 0 Å². The topological polar surface area (TPSA) is 55.8 Å². The van der Waals surface area contributed by atoms with E-state index in [0.717, 1.165) is 16.7 Å². The van der Waals surface area contributed by atoms with Gasteiger partial charge in [0.05, 0.1) is 23.0 Å². The minimum absolute atomic E-state index is 0.0775. The summed E-state index contributed by atoms with van der Waals surface area (Å²) in [7, 11) is 1.49. The Labute approximate surface area is 180 Å². The van der Waals surface area contributed by atoms with E-state index in [4.69, 9.17) is 15.9 Å². The predicted octanol–water partition coefficient (Wildman–Crippen LogP) is 4.85. The fourth-order valence-corrected chi connectivity index (χ4v) is 4.05. The van der Waals surface area contributed by atoms with Crippen molar-refractivity contribution < 1.29 is 23.5 Å². The number of carbonyl (C=O) groups excluding carboxylic acids is 2. The Balaban J connectivity index is 1.84. The minimum atomic E-state index is -0.410. The zero-order chi connectivity index (χ0) is 21.0. The van der Waals surface area contributed by atoms with Crippen LogP contribution in [-0.2, 0) is 11.3 Å². The number of nitrogens with zero attached hydrogens (tertiary/aromatic N) is 1. The molecule has 1 fully saturated rings. The lowest BCUT2D eigenvalue weighted by molar-refractivity contribution is -0.123. The molecular weight excluding hydrogens is 461 g/mol. The van der Waals surface area contributed by atoms with Crippen molar-refractivity contribution in [3.05, 3.63) is 62.7 Å². The van der Waals surface area contributed by atoms with Crippen LogP contribution in [0.25, 0.3) is 6.08 Å². The molecule has 0 bridgehead atoms. The normalized spacial score (nSPS) is 15.0. The lowest BCUT2D eigenvalue weighted by Crippen LogP contribution is -2.27. The van der Waals surface area contributed by atoms with Gasteiger partial charge in [0.1, 0.15) is 12.4 Å². The zero-order valence-electron chi connectivity index (χ0n) is 15.3. The molecule has 1 saturated heterocycles. The van der Waals surface area contributed by atoms with E-state index >= 15 is 0 Å². The van der Waals surface area contributed by atoms with Gasteiger partial charge >= 0.3 is 0 Å². The van der Waals surface area contributed by atoms with Crippen molar-refractivity contribution in [2.75, 3.05) is 13.7 Å². The summed E-state index contributed by atoms with van der Waals surface area (Å²) in [5.41, 5.74) is 1.31. The molecule has 0 aromatic heterocycles. The van der Waals surface area contributed by atoms with Crippen LogP contribution >= 0.6 is 27.7 Å². The van der Waals surface area contributed by atoms with Crippen molar-refractivity contribution in [1.82, 2.24) is 4.90 Å². The summed E-state index contributed by atoms with van der Waals surface area (Å²) in [6.45, 7) is 0.157. The molecule has 2 aromatic carbocycles. The summed E-state index contributed by atoms with van der Waals surface area (Å²) < 4.78 is 24.5. The molecule has 0 aliphatic carbocycles. The highest BCUT2D eigenvalue weighted by atomic mass is 79.9. The fourth-order valence-electron chi connectivity index (χ4n) is 2.64. The van der Waals surface area contributed by atoms with Gasteiger partial charge in [-0.1, -0.05) is 18.1 Å². The van der Waals surface area contributed by atoms with E-state index in [2.05, 4.69) is 21.9 Å².